The van der Waals surface area contributed by atoms with Gasteiger partial charge in [0.25, 0.3) is 5.91 Å². The van der Waals surface area contributed by atoms with E-state index in [9.17, 15) is 4.79 Å². The number of morpholine rings is 1. The van der Waals surface area contributed by atoms with Crippen molar-refractivity contribution in [2.24, 2.45) is 7.05 Å². The summed E-state index contributed by atoms with van der Waals surface area (Å²) in [6, 6.07) is 15.8. The number of nitrogens with zero attached hydrogens (tertiary/aromatic N) is 3. The minimum atomic E-state index is -0.285. The van der Waals surface area contributed by atoms with Crippen LogP contribution in [0.15, 0.2) is 60.9 Å². The Bertz CT molecular complexity index is 1030. The van der Waals surface area contributed by atoms with E-state index in [1.807, 2.05) is 60.5 Å². The predicted octanol–water partition coefficient (Wildman–Crippen LogP) is 3.10. The van der Waals surface area contributed by atoms with Gasteiger partial charge in [0, 0.05) is 19.4 Å². The predicted molar refractivity (Wildman–Crippen MR) is 105 cm³/mol. The van der Waals surface area contributed by atoms with E-state index in [0.717, 1.165) is 16.9 Å². The van der Waals surface area contributed by atoms with E-state index in [-0.39, 0.29) is 24.9 Å². The van der Waals surface area contributed by atoms with Crippen molar-refractivity contribution < 1.29 is 19.0 Å². The Balaban J connectivity index is 1.47. The molecule has 1 saturated heterocycles. The number of hydrogen-bond donors (Lipinski definition) is 0. The molecule has 3 heterocycles. The first kappa shape index (κ1) is 17.8. The normalized spacial score (nSPS) is 20.7. The Labute approximate surface area is 168 Å². The van der Waals surface area contributed by atoms with E-state index in [1.54, 1.807) is 17.0 Å². The molecule has 2 aromatic carbocycles. The van der Waals surface area contributed by atoms with E-state index in [4.69, 9.17) is 14.2 Å². The standard InChI is InChI=1S/C22H21N3O4/c1-24-10-9-23-21(24)22(26)25-12-19(15-5-3-2-4-6-15)29-20(13-25)16-7-8-17-18(11-16)28-14-27-17/h2-11,19-20H,12-14H2,1H3/t19-,20+/m0/s1. The van der Waals surface area contributed by atoms with Crippen LogP contribution < -0.4 is 9.47 Å². The molecule has 0 bridgehead atoms. The van der Waals surface area contributed by atoms with Crippen LogP contribution in [0.25, 0.3) is 0 Å². The average Bonchev–Trinajstić information content (AvgIpc) is 3.41. The molecule has 3 aromatic rings. The largest absolute Gasteiger partial charge is 0.454 e. The molecular formula is C22H21N3O4. The third-order valence-corrected chi connectivity index (χ3v) is 5.34. The number of amides is 1. The van der Waals surface area contributed by atoms with Crippen molar-refractivity contribution in [1.29, 1.82) is 0 Å². The first-order valence-corrected chi connectivity index (χ1v) is 9.55. The van der Waals surface area contributed by atoms with Gasteiger partial charge in [-0.1, -0.05) is 36.4 Å². The van der Waals surface area contributed by atoms with Crippen molar-refractivity contribution in [2.75, 3.05) is 19.9 Å². The molecule has 7 nitrogen and oxygen atoms in total. The van der Waals surface area contributed by atoms with Crippen LogP contribution >= 0.6 is 0 Å². The minimum Gasteiger partial charge on any atom is -0.454 e. The summed E-state index contributed by atoms with van der Waals surface area (Å²) >= 11 is 0. The van der Waals surface area contributed by atoms with Crippen molar-refractivity contribution in [3.63, 3.8) is 0 Å². The highest BCUT2D eigenvalue weighted by Crippen LogP contribution is 2.38. The molecule has 0 spiro atoms. The first-order valence-electron chi connectivity index (χ1n) is 9.55. The smallest absolute Gasteiger partial charge is 0.290 e. The van der Waals surface area contributed by atoms with Crippen molar-refractivity contribution in [3.8, 4) is 11.5 Å². The summed E-state index contributed by atoms with van der Waals surface area (Å²) in [6.07, 6.45) is 2.90. The molecule has 2 aliphatic rings. The van der Waals surface area contributed by atoms with Gasteiger partial charge in [-0.05, 0) is 23.3 Å². The van der Waals surface area contributed by atoms with Gasteiger partial charge in [-0.3, -0.25) is 4.79 Å². The number of ether oxygens (including phenoxy) is 3. The number of hydrogen-bond acceptors (Lipinski definition) is 5. The number of carbonyl (C=O) groups excluding carboxylic acids is 1. The van der Waals surface area contributed by atoms with Gasteiger partial charge in [0.05, 0.1) is 13.1 Å². The third kappa shape index (κ3) is 3.34. The van der Waals surface area contributed by atoms with E-state index >= 15 is 0 Å². The summed E-state index contributed by atoms with van der Waals surface area (Å²) in [4.78, 5) is 19.2. The lowest BCUT2D eigenvalue weighted by atomic mass is 10.0. The highest BCUT2D eigenvalue weighted by Gasteiger charge is 2.34. The average molecular weight is 391 g/mol. The van der Waals surface area contributed by atoms with Gasteiger partial charge in [0.1, 0.15) is 12.2 Å². The number of carbonyl (C=O) groups is 1. The van der Waals surface area contributed by atoms with Gasteiger partial charge in [-0.15, -0.1) is 0 Å². The lowest BCUT2D eigenvalue weighted by Crippen LogP contribution is -2.44. The van der Waals surface area contributed by atoms with Crippen LogP contribution in [0.3, 0.4) is 0 Å². The van der Waals surface area contributed by atoms with Gasteiger partial charge < -0.3 is 23.7 Å². The minimum absolute atomic E-state index is 0.104. The maximum absolute atomic E-state index is 13.2. The first-order chi connectivity index (χ1) is 14.2. The molecule has 2 atom stereocenters. The van der Waals surface area contributed by atoms with Crippen LogP contribution in [0, 0.1) is 0 Å². The molecule has 1 amide bonds. The fourth-order valence-corrected chi connectivity index (χ4v) is 3.79. The number of benzene rings is 2. The van der Waals surface area contributed by atoms with E-state index < -0.39 is 0 Å². The second-order valence-electron chi connectivity index (χ2n) is 7.21. The zero-order chi connectivity index (χ0) is 19.8. The van der Waals surface area contributed by atoms with Gasteiger partial charge >= 0.3 is 0 Å². The van der Waals surface area contributed by atoms with Crippen LogP contribution in [0.4, 0.5) is 0 Å². The number of fused-ring (bicyclic) bond motifs is 1. The number of rotatable bonds is 3. The van der Waals surface area contributed by atoms with Crippen LogP contribution in [-0.4, -0.2) is 40.2 Å². The summed E-state index contributed by atoms with van der Waals surface area (Å²) in [5, 5.41) is 0. The Morgan fingerprint density at radius 1 is 1.00 bits per heavy atom. The quantitative estimate of drug-likeness (QED) is 0.686. The summed E-state index contributed by atoms with van der Waals surface area (Å²) in [5.74, 6) is 1.75. The lowest BCUT2D eigenvalue weighted by Gasteiger charge is -2.38. The molecule has 2 aliphatic heterocycles. The fraction of sp³-hybridized carbons (Fsp3) is 0.273. The highest BCUT2D eigenvalue weighted by atomic mass is 16.7. The molecular weight excluding hydrogens is 370 g/mol. The number of aryl methyl sites for hydroxylation is 1. The second kappa shape index (κ2) is 7.25. The molecule has 0 radical (unpaired) electrons. The second-order valence-corrected chi connectivity index (χ2v) is 7.21. The fourth-order valence-electron chi connectivity index (χ4n) is 3.79. The van der Waals surface area contributed by atoms with Gasteiger partial charge in [0.15, 0.2) is 17.3 Å². The topological polar surface area (TPSA) is 65.8 Å². The summed E-state index contributed by atoms with van der Waals surface area (Å²) in [6.45, 7) is 1.13. The van der Waals surface area contributed by atoms with Gasteiger partial charge in [-0.2, -0.15) is 0 Å². The van der Waals surface area contributed by atoms with Crippen LogP contribution in [0.5, 0.6) is 11.5 Å². The molecule has 1 fully saturated rings. The molecule has 0 N–H and O–H groups in total. The molecule has 5 rings (SSSR count). The summed E-state index contributed by atoms with van der Waals surface area (Å²) in [7, 11) is 1.82. The Morgan fingerprint density at radius 2 is 1.76 bits per heavy atom. The van der Waals surface area contributed by atoms with Crippen molar-refractivity contribution in [3.05, 3.63) is 77.9 Å². The van der Waals surface area contributed by atoms with Crippen molar-refractivity contribution >= 4 is 5.91 Å². The number of imidazole rings is 1. The maximum atomic E-state index is 13.2. The van der Waals surface area contributed by atoms with Crippen molar-refractivity contribution in [2.45, 2.75) is 12.2 Å². The van der Waals surface area contributed by atoms with E-state index in [0.29, 0.717) is 24.7 Å². The molecule has 29 heavy (non-hydrogen) atoms. The van der Waals surface area contributed by atoms with Crippen LogP contribution in [0.2, 0.25) is 0 Å². The zero-order valence-electron chi connectivity index (χ0n) is 16.0. The Kier molecular flexibility index (Phi) is 4.44. The van der Waals surface area contributed by atoms with Crippen LogP contribution in [-0.2, 0) is 11.8 Å². The highest BCUT2D eigenvalue weighted by molar-refractivity contribution is 5.91. The van der Waals surface area contributed by atoms with E-state index in [2.05, 4.69) is 4.98 Å². The monoisotopic (exact) mass is 391 g/mol. The molecule has 0 unspecified atom stereocenters. The molecule has 1 aromatic heterocycles. The van der Waals surface area contributed by atoms with Crippen molar-refractivity contribution in [1.82, 2.24) is 14.5 Å². The summed E-state index contributed by atoms with van der Waals surface area (Å²) < 4.78 is 19.1. The molecule has 148 valence electrons. The van der Waals surface area contributed by atoms with Gasteiger partial charge in [0.2, 0.25) is 6.79 Å². The van der Waals surface area contributed by atoms with E-state index in [1.165, 1.54) is 0 Å². The SMILES string of the molecule is Cn1ccnc1C(=O)N1C[C@@H](c2ccccc2)O[C@@H](c2ccc3c(c2)OCO3)C1. The Morgan fingerprint density at radius 3 is 2.52 bits per heavy atom. The molecule has 0 saturated carbocycles. The summed E-state index contributed by atoms with van der Waals surface area (Å²) in [5.41, 5.74) is 1.99. The Hall–Kier alpha value is -3.32. The maximum Gasteiger partial charge on any atom is 0.290 e. The molecule has 7 heteroatoms. The van der Waals surface area contributed by atoms with Crippen LogP contribution in [0.1, 0.15) is 34.0 Å². The lowest BCUT2D eigenvalue weighted by molar-refractivity contribution is -0.0800. The third-order valence-electron chi connectivity index (χ3n) is 5.34. The molecule has 0 aliphatic carbocycles. The number of aromatic nitrogens is 2. The van der Waals surface area contributed by atoms with Gasteiger partial charge in [-0.25, -0.2) is 4.98 Å². The zero-order valence-corrected chi connectivity index (χ0v) is 16.0.